The smallest absolute Gasteiger partial charge is 0.251 e. The van der Waals surface area contributed by atoms with Gasteiger partial charge in [0.25, 0.3) is 5.91 Å². The number of methoxy groups -OCH3 is 2. The summed E-state index contributed by atoms with van der Waals surface area (Å²) >= 11 is 0. The van der Waals surface area contributed by atoms with Gasteiger partial charge in [0.05, 0.1) is 14.2 Å². The second-order valence-electron chi connectivity index (χ2n) is 5.68. The van der Waals surface area contributed by atoms with Crippen molar-refractivity contribution in [2.45, 2.75) is 20.8 Å². The maximum Gasteiger partial charge on any atom is 0.251 e. The van der Waals surface area contributed by atoms with Crippen molar-refractivity contribution in [3.8, 4) is 11.5 Å². The minimum Gasteiger partial charge on any atom is -0.493 e. The standard InChI is InChI=1S/C17H26N2O4/c1-12(2)11-19(13(3)20)9-8-18-17(21)14-6-7-15(22-4)16(10-14)23-5/h6-7,10,12H,8-9,11H2,1-5H3,(H,18,21). The van der Waals surface area contributed by atoms with Gasteiger partial charge in [-0.15, -0.1) is 0 Å². The molecule has 0 radical (unpaired) electrons. The third-order valence-electron chi connectivity index (χ3n) is 3.34. The van der Waals surface area contributed by atoms with Crippen LogP contribution in [0.4, 0.5) is 0 Å². The van der Waals surface area contributed by atoms with Crippen molar-refractivity contribution >= 4 is 11.8 Å². The molecule has 6 heteroatoms. The summed E-state index contributed by atoms with van der Waals surface area (Å²) in [6.07, 6.45) is 0. The van der Waals surface area contributed by atoms with Crippen LogP contribution in [-0.2, 0) is 4.79 Å². The molecule has 128 valence electrons. The van der Waals surface area contributed by atoms with Crippen LogP contribution in [0.3, 0.4) is 0 Å². The molecule has 0 fully saturated rings. The SMILES string of the molecule is COc1ccc(C(=O)NCCN(CC(C)C)C(C)=O)cc1OC. The zero-order chi connectivity index (χ0) is 17.4. The van der Waals surface area contributed by atoms with Crippen LogP contribution in [0.2, 0.25) is 0 Å². The Labute approximate surface area is 137 Å². The third-order valence-corrected chi connectivity index (χ3v) is 3.34. The number of hydrogen-bond donors (Lipinski definition) is 1. The Hall–Kier alpha value is -2.24. The highest BCUT2D eigenvalue weighted by Crippen LogP contribution is 2.27. The Morgan fingerprint density at radius 3 is 2.35 bits per heavy atom. The molecular formula is C17H26N2O4. The van der Waals surface area contributed by atoms with Gasteiger partial charge in [-0.25, -0.2) is 0 Å². The quantitative estimate of drug-likeness (QED) is 0.794. The van der Waals surface area contributed by atoms with Gasteiger partial charge in [-0.1, -0.05) is 13.8 Å². The summed E-state index contributed by atoms with van der Waals surface area (Å²) in [5, 5.41) is 2.82. The molecule has 1 rings (SSSR count). The van der Waals surface area contributed by atoms with E-state index in [0.717, 1.165) is 0 Å². The summed E-state index contributed by atoms with van der Waals surface area (Å²) in [5.74, 6) is 1.27. The first-order chi connectivity index (χ1) is 10.9. The maximum atomic E-state index is 12.2. The van der Waals surface area contributed by atoms with Crippen LogP contribution in [0.1, 0.15) is 31.1 Å². The van der Waals surface area contributed by atoms with Gasteiger partial charge in [0.15, 0.2) is 11.5 Å². The molecule has 23 heavy (non-hydrogen) atoms. The molecule has 0 saturated heterocycles. The monoisotopic (exact) mass is 322 g/mol. The number of nitrogens with one attached hydrogen (secondary N) is 1. The Kier molecular flexibility index (Phi) is 7.38. The van der Waals surface area contributed by atoms with Crippen LogP contribution in [0.25, 0.3) is 0 Å². The molecule has 0 aliphatic rings. The summed E-state index contributed by atoms with van der Waals surface area (Å²) in [6.45, 7) is 7.22. The van der Waals surface area contributed by atoms with E-state index in [1.807, 2.05) is 0 Å². The highest BCUT2D eigenvalue weighted by Gasteiger charge is 2.13. The van der Waals surface area contributed by atoms with E-state index in [1.165, 1.54) is 7.11 Å². The van der Waals surface area contributed by atoms with Gasteiger partial charge < -0.3 is 19.7 Å². The van der Waals surface area contributed by atoms with Gasteiger partial charge in [-0.05, 0) is 24.1 Å². The largest absolute Gasteiger partial charge is 0.493 e. The van der Waals surface area contributed by atoms with Gasteiger partial charge in [-0.3, -0.25) is 9.59 Å². The van der Waals surface area contributed by atoms with Crippen molar-refractivity contribution in [2.75, 3.05) is 33.9 Å². The van der Waals surface area contributed by atoms with Gasteiger partial charge in [0.1, 0.15) is 0 Å². The number of carbonyl (C=O) groups excluding carboxylic acids is 2. The summed E-state index contributed by atoms with van der Waals surface area (Å²) < 4.78 is 10.3. The van der Waals surface area contributed by atoms with Crippen molar-refractivity contribution in [1.82, 2.24) is 10.2 Å². The topological polar surface area (TPSA) is 67.9 Å². The van der Waals surface area contributed by atoms with E-state index in [-0.39, 0.29) is 11.8 Å². The van der Waals surface area contributed by atoms with Crippen LogP contribution in [0.5, 0.6) is 11.5 Å². The average Bonchev–Trinajstić information content (AvgIpc) is 2.52. The third kappa shape index (κ3) is 5.81. The molecule has 0 spiro atoms. The second kappa shape index (κ2) is 9.02. The van der Waals surface area contributed by atoms with E-state index in [1.54, 1.807) is 37.1 Å². The predicted molar refractivity (Wildman–Crippen MR) is 89.0 cm³/mol. The average molecular weight is 322 g/mol. The van der Waals surface area contributed by atoms with E-state index >= 15 is 0 Å². The molecule has 0 aliphatic heterocycles. The second-order valence-corrected chi connectivity index (χ2v) is 5.68. The molecule has 1 N–H and O–H groups in total. The number of amides is 2. The van der Waals surface area contributed by atoms with E-state index in [2.05, 4.69) is 19.2 Å². The van der Waals surface area contributed by atoms with E-state index in [9.17, 15) is 9.59 Å². The summed E-state index contributed by atoms with van der Waals surface area (Å²) in [7, 11) is 3.07. The molecule has 0 heterocycles. The Balaban J connectivity index is 2.61. The first-order valence-electron chi connectivity index (χ1n) is 7.64. The van der Waals surface area contributed by atoms with Crippen LogP contribution >= 0.6 is 0 Å². The first-order valence-corrected chi connectivity index (χ1v) is 7.64. The normalized spacial score (nSPS) is 10.3. The lowest BCUT2D eigenvalue weighted by atomic mass is 10.2. The number of carbonyl (C=O) groups is 2. The van der Waals surface area contributed by atoms with Gasteiger partial charge >= 0.3 is 0 Å². The fourth-order valence-electron chi connectivity index (χ4n) is 2.20. The molecule has 0 saturated carbocycles. The van der Waals surface area contributed by atoms with Crippen LogP contribution in [0, 0.1) is 5.92 Å². The maximum absolute atomic E-state index is 12.2. The van der Waals surface area contributed by atoms with Crippen molar-refractivity contribution in [1.29, 1.82) is 0 Å². The van der Waals surface area contributed by atoms with Crippen LogP contribution < -0.4 is 14.8 Å². The minimum absolute atomic E-state index is 0.0130. The molecule has 0 unspecified atom stereocenters. The van der Waals surface area contributed by atoms with Crippen molar-refractivity contribution in [3.05, 3.63) is 23.8 Å². The highest BCUT2D eigenvalue weighted by atomic mass is 16.5. The minimum atomic E-state index is -0.209. The number of ether oxygens (including phenoxy) is 2. The number of hydrogen-bond acceptors (Lipinski definition) is 4. The molecule has 6 nitrogen and oxygen atoms in total. The summed E-state index contributed by atoms with van der Waals surface area (Å²) in [6, 6.07) is 4.99. The molecule has 1 aromatic carbocycles. The number of benzene rings is 1. The van der Waals surface area contributed by atoms with Crippen LogP contribution in [0.15, 0.2) is 18.2 Å². The van der Waals surface area contributed by atoms with E-state index in [4.69, 9.17) is 9.47 Å². The Bertz CT molecular complexity index is 543. The zero-order valence-electron chi connectivity index (χ0n) is 14.5. The zero-order valence-corrected chi connectivity index (χ0v) is 14.5. The highest BCUT2D eigenvalue weighted by molar-refractivity contribution is 5.94. The lowest BCUT2D eigenvalue weighted by Gasteiger charge is -2.23. The molecular weight excluding hydrogens is 296 g/mol. The molecule has 1 aromatic rings. The molecule has 2 amide bonds. The Morgan fingerprint density at radius 1 is 1.17 bits per heavy atom. The number of nitrogens with zero attached hydrogens (tertiary/aromatic N) is 1. The van der Waals surface area contributed by atoms with Gasteiger partial charge in [0, 0.05) is 32.1 Å². The van der Waals surface area contributed by atoms with Crippen molar-refractivity contribution in [3.63, 3.8) is 0 Å². The van der Waals surface area contributed by atoms with Gasteiger partial charge in [-0.2, -0.15) is 0 Å². The molecule has 0 aliphatic carbocycles. The van der Waals surface area contributed by atoms with Crippen molar-refractivity contribution in [2.24, 2.45) is 5.92 Å². The first kappa shape index (κ1) is 18.8. The lowest BCUT2D eigenvalue weighted by Crippen LogP contribution is -2.39. The lowest BCUT2D eigenvalue weighted by molar-refractivity contribution is -0.129. The van der Waals surface area contributed by atoms with E-state index < -0.39 is 0 Å². The van der Waals surface area contributed by atoms with Crippen LogP contribution in [-0.4, -0.2) is 50.6 Å². The molecule has 0 bridgehead atoms. The number of rotatable bonds is 8. The summed E-state index contributed by atoms with van der Waals surface area (Å²) in [4.78, 5) is 25.5. The fourth-order valence-corrected chi connectivity index (χ4v) is 2.20. The molecule has 0 aromatic heterocycles. The van der Waals surface area contributed by atoms with Crippen molar-refractivity contribution < 1.29 is 19.1 Å². The molecule has 0 atom stereocenters. The Morgan fingerprint density at radius 2 is 1.83 bits per heavy atom. The summed E-state index contributed by atoms with van der Waals surface area (Å²) in [5.41, 5.74) is 0.487. The fraction of sp³-hybridized carbons (Fsp3) is 0.529. The van der Waals surface area contributed by atoms with Gasteiger partial charge in [0.2, 0.25) is 5.91 Å². The van der Waals surface area contributed by atoms with E-state index in [0.29, 0.717) is 42.6 Å². The predicted octanol–water partition coefficient (Wildman–Crippen LogP) is 1.94.